The van der Waals surface area contributed by atoms with Crippen LogP contribution in [-0.4, -0.2) is 24.0 Å². The van der Waals surface area contributed by atoms with Crippen LogP contribution in [0.15, 0.2) is 54.7 Å². The average Bonchev–Trinajstić information content (AvgIpc) is 2.50. The summed E-state index contributed by atoms with van der Waals surface area (Å²) in [5.41, 5.74) is 7.63. The lowest BCUT2D eigenvalue weighted by molar-refractivity contribution is -0.122. The number of nitrogens with two attached hydrogens (primary N) is 1. The van der Waals surface area contributed by atoms with Gasteiger partial charge in [0.05, 0.1) is 5.92 Å². The lowest BCUT2D eigenvalue weighted by atomic mass is 9.98. The number of halogens is 2. The number of carbonyl (C=O) groups is 1. The molecular weight excluding hydrogens is 321 g/mol. The van der Waals surface area contributed by atoms with Gasteiger partial charge in [0.2, 0.25) is 5.91 Å². The molecule has 0 radical (unpaired) electrons. The van der Waals surface area contributed by atoms with E-state index in [4.69, 9.17) is 5.73 Å². The molecule has 0 aliphatic rings. The summed E-state index contributed by atoms with van der Waals surface area (Å²) in [5, 5.41) is 2.92. The molecule has 2 aromatic rings. The Morgan fingerprint density at radius 2 is 1.77 bits per heavy atom. The molecule has 3 N–H and O–H groups in total. The smallest absolute Gasteiger partial charge is 0.228 e. The Kier molecular flexibility index (Phi) is 10.2. The van der Waals surface area contributed by atoms with Gasteiger partial charge in [-0.15, -0.1) is 24.8 Å². The molecule has 0 saturated heterocycles. The molecule has 2 rings (SSSR count). The molecule has 1 unspecified atom stereocenters. The Labute approximate surface area is 143 Å². The standard InChI is InChI=1S/C16H19N3O.2ClH/c17-12-15(13-6-2-1-3-7-13)16(20)19-11-9-14-8-4-5-10-18-14;;/h1-8,10,15H,9,11-12,17H2,(H,19,20);2*1H. The Morgan fingerprint density at radius 3 is 2.36 bits per heavy atom. The topological polar surface area (TPSA) is 68.0 Å². The Morgan fingerprint density at radius 1 is 1.09 bits per heavy atom. The van der Waals surface area contributed by atoms with Crippen LogP contribution in [0.1, 0.15) is 17.2 Å². The molecule has 0 saturated carbocycles. The summed E-state index contributed by atoms with van der Waals surface area (Å²) in [6.45, 7) is 0.874. The molecule has 120 valence electrons. The number of rotatable bonds is 6. The minimum Gasteiger partial charge on any atom is -0.355 e. The second-order valence-electron chi connectivity index (χ2n) is 4.56. The zero-order chi connectivity index (χ0) is 14.2. The molecule has 1 aromatic carbocycles. The normalized spacial score (nSPS) is 10.8. The summed E-state index contributed by atoms with van der Waals surface area (Å²) >= 11 is 0. The fourth-order valence-corrected chi connectivity index (χ4v) is 2.06. The van der Waals surface area contributed by atoms with Gasteiger partial charge in [-0.25, -0.2) is 0 Å². The van der Waals surface area contributed by atoms with Gasteiger partial charge in [-0.2, -0.15) is 0 Å². The van der Waals surface area contributed by atoms with Gasteiger partial charge in [-0.05, 0) is 17.7 Å². The van der Waals surface area contributed by atoms with Crippen LogP contribution in [0.4, 0.5) is 0 Å². The van der Waals surface area contributed by atoms with Crippen molar-refractivity contribution in [2.24, 2.45) is 5.73 Å². The summed E-state index contributed by atoms with van der Waals surface area (Å²) in [6, 6.07) is 15.4. The van der Waals surface area contributed by atoms with Crippen molar-refractivity contribution in [2.45, 2.75) is 12.3 Å². The van der Waals surface area contributed by atoms with E-state index < -0.39 is 0 Å². The van der Waals surface area contributed by atoms with E-state index in [9.17, 15) is 4.79 Å². The van der Waals surface area contributed by atoms with Crippen LogP contribution >= 0.6 is 24.8 Å². The van der Waals surface area contributed by atoms with Crippen LogP contribution in [0, 0.1) is 0 Å². The molecule has 1 atom stereocenters. The van der Waals surface area contributed by atoms with Gasteiger partial charge in [-0.1, -0.05) is 36.4 Å². The molecule has 1 heterocycles. The second-order valence-corrected chi connectivity index (χ2v) is 4.56. The van der Waals surface area contributed by atoms with Gasteiger partial charge in [0.25, 0.3) is 0 Å². The van der Waals surface area contributed by atoms with Gasteiger partial charge in [-0.3, -0.25) is 9.78 Å². The maximum Gasteiger partial charge on any atom is 0.228 e. The first kappa shape index (κ1) is 20.4. The van der Waals surface area contributed by atoms with Gasteiger partial charge < -0.3 is 11.1 Å². The maximum absolute atomic E-state index is 12.2. The molecule has 0 spiro atoms. The Balaban J connectivity index is 0.00000220. The quantitative estimate of drug-likeness (QED) is 0.847. The summed E-state index contributed by atoms with van der Waals surface area (Å²) < 4.78 is 0. The van der Waals surface area contributed by atoms with E-state index >= 15 is 0 Å². The average molecular weight is 342 g/mol. The first-order valence-electron chi connectivity index (χ1n) is 6.74. The third kappa shape index (κ3) is 6.02. The van der Waals surface area contributed by atoms with E-state index in [1.807, 2.05) is 48.5 Å². The van der Waals surface area contributed by atoms with E-state index in [1.165, 1.54) is 0 Å². The summed E-state index contributed by atoms with van der Waals surface area (Å²) in [5.74, 6) is -0.324. The number of carbonyl (C=O) groups excluding carboxylic acids is 1. The molecular formula is C16H21Cl2N3O. The minimum atomic E-state index is -0.292. The monoisotopic (exact) mass is 341 g/mol. The third-order valence-electron chi connectivity index (χ3n) is 3.16. The van der Waals surface area contributed by atoms with Crippen LogP contribution < -0.4 is 11.1 Å². The summed E-state index contributed by atoms with van der Waals surface area (Å²) in [6.07, 6.45) is 2.47. The molecule has 0 bridgehead atoms. The molecule has 1 amide bonds. The molecule has 22 heavy (non-hydrogen) atoms. The van der Waals surface area contributed by atoms with Crippen molar-refractivity contribution in [1.82, 2.24) is 10.3 Å². The number of hydrogen-bond donors (Lipinski definition) is 2. The molecule has 6 heteroatoms. The fourth-order valence-electron chi connectivity index (χ4n) is 2.06. The number of nitrogens with one attached hydrogen (secondary N) is 1. The van der Waals surface area contributed by atoms with E-state index in [0.29, 0.717) is 13.1 Å². The fraction of sp³-hybridized carbons (Fsp3) is 0.250. The number of nitrogens with zero attached hydrogens (tertiary/aromatic N) is 1. The second kappa shape index (κ2) is 11.0. The molecule has 0 aliphatic heterocycles. The summed E-state index contributed by atoms with van der Waals surface area (Å²) in [7, 11) is 0. The highest BCUT2D eigenvalue weighted by Gasteiger charge is 2.17. The third-order valence-corrected chi connectivity index (χ3v) is 3.16. The van der Waals surface area contributed by atoms with Crippen LogP contribution in [0.2, 0.25) is 0 Å². The van der Waals surface area contributed by atoms with Crippen molar-refractivity contribution in [3.8, 4) is 0 Å². The lowest BCUT2D eigenvalue weighted by Gasteiger charge is -2.15. The maximum atomic E-state index is 12.2. The van der Waals surface area contributed by atoms with Crippen LogP contribution in [0.3, 0.4) is 0 Å². The number of pyridine rings is 1. The predicted octanol–water partition coefficient (Wildman–Crippen LogP) is 2.33. The number of hydrogen-bond acceptors (Lipinski definition) is 3. The lowest BCUT2D eigenvalue weighted by Crippen LogP contribution is -2.34. The SMILES string of the molecule is Cl.Cl.NCC(C(=O)NCCc1ccccn1)c1ccccc1. The van der Waals surface area contributed by atoms with Crippen molar-refractivity contribution in [1.29, 1.82) is 0 Å². The highest BCUT2D eigenvalue weighted by Crippen LogP contribution is 2.13. The molecule has 0 aliphatic carbocycles. The first-order chi connectivity index (χ1) is 9.81. The van der Waals surface area contributed by atoms with Gasteiger partial charge in [0.15, 0.2) is 0 Å². The van der Waals surface area contributed by atoms with E-state index in [1.54, 1.807) is 6.20 Å². The van der Waals surface area contributed by atoms with Gasteiger partial charge in [0, 0.05) is 31.4 Å². The van der Waals surface area contributed by atoms with E-state index in [-0.39, 0.29) is 36.6 Å². The number of amides is 1. The summed E-state index contributed by atoms with van der Waals surface area (Å²) in [4.78, 5) is 16.4. The largest absolute Gasteiger partial charge is 0.355 e. The number of benzene rings is 1. The van der Waals surface area contributed by atoms with Gasteiger partial charge in [0.1, 0.15) is 0 Å². The van der Waals surface area contributed by atoms with Crippen LogP contribution in [-0.2, 0) is 11.2 Å². The highest BCUT2D eigenvalue weighted by atomic mass is 35.5. The van der Waals surface area contributed by atoms with E-state index in [2.05, 4.69) is 10.3 Å². The van der Waals surface area contributed by atoms with Crippen molar-refractivity contribution in [2.75, 3.05) is 13.1 Å². The van der Waals surface area contributed by atoms with E-state index in [0.717, 1.165) is 17.7 Å². The van der Waals surface area contributed by atoms with Crippen molar-refractivity contribution >= 4 is 30.7 Å². The van der Waals surface area contributed by atoms with Crippen LogP contribution in [0.5, 0.6) is 0 Å². The zero-order valence-corrected chi connectivity index (χ0v) is 13.8. The van der Waals surface area contributed by atoms with Crippen molar-refractivity contribution in [3.05, 3.63) is 66.0 Å². The zero-order valence-electron chi connectivity index (χ0n) is 12.1. The molecule has 1 aromatic heterocycles. The molecule has 0 fully saturated rings. The molecule has 4 nitrogen and oxygen atoms in total. The van der Waals surface area contributed by atoms with Crippen LogP contribution in [0.25, 0.3) is 0 Å². The van der Waals surface area contributed by atoms with Gasteiger partial charge >= 0.3 is 0 Å². The van der Waals surface area contributed by atoms with Crippen molar-refractivity contribution in [3.63, 3.8) is 0 Å². The minimum absolute atomic E-state index is 0. The predicted molar refractivity (Wildman–Crippen MR) is 93.7 cm³/mol. The Bertz CT molecular complexity index is 538. The van der Waals surface area contributed by atoms with Crippen molar-refractivity contribution < 1.29 is 4.79 Å². The number of aromatic nitrogens is 1. The Hall–Kier alpha value is -1.62. The first-order valence-corrected chi connectivity index (χ1v) is 6.74. The highest BCUT2D eigenvalue weighted by molar-refractivity contribution is 5.85.